The summed E-state index contributed by atoms with van der Waals surface area (Å²) in [6.45, 7) is 3.65. The summed E-state index contributed by atoms with van der Waals surface area (Å²) < 4.78 is 5.18. The summed E-state index contributed by atoms with van der Waals surface area (Å²) >= 11 is 0. The van der Waals surface area contributed by atoms with Crippen LogP contribution in [0.25, 0.3) is 0 Å². The van der Waals surface area contributed by atoms with Gasteiger partial charge in [0.15, 0.2) is 11.5 Å². The Morgan fingerprint density at radius 2 is 1.67 bits per heavy atom. The van der Waals surface area contributed by atoms with Crippen molar-refractivity contribution in [1.29, 1.82) is 0 Å². The maximum atomic E-state index is 9.26. The van der Waals surface area contributed by atoms with E-state index >= 15 is 0 Å². The van der Waals surface area contributed by atoms with Crippen molar-refractivity contribution in [2.45, 2.75) is 20.0 Å². The molecular weight excluding hydrogens is 156 g/mol. The quantitative estimate of drug-likeness (QED) is 0.708. The molecule has 0 heterocycles. The average molecular weight is 168 g/mol. The molecule has 0 atom stereocenters. The van der Waals surface area contributed by atoms with Crippen LogP contribution in [-0.4, -0.2) is 16.3 Å². The molecule has 0 saturated carbocycles. The maximum absolute atomic E-state index is 9.26. The molecule has 0 unspecified atom stereocenters. The molecule has 0 radical (unpaired) electrons. The lowest BCUT2D eigenvalue weighted by Crippen LogP contribution is -2.05. The van der Waals surface area contributed by atoms with Crippen molar-refractivity contribution in [3.63, 3.8) is 0 Å². The highest BCUT2D eigenvalue weighted by Crippen LogP contribution is 2.35. The number of phenols is 2. The van der Waals surface area contributed by atoms with Crippen LogP contribution in [0.3, 0.4) is 0 Å². The Labute approximate surface area is 71.2 Å². The zero-order valence-corrected chi connectivity index (χ0v) is 7.11. The minimum atomic E-state index is -0.0656. The molecule has 0 amide bonds. The van der Waals surface area contributed by atoms with E-state index in [4.69, 9.17) is 4.74 Å². The van der Waals surface area contributed by atoms with Crippen LogP contribution in [-0.2, 0) is 0 Å². The number of aromatic hydroxyl groups is 2. The standard InChI is InChI=1S/C9H12O3/c1-6(2)12-9-7(10)4-3-5-8(9)11/h3-6,10-11H,1-2H3. The van der Waals surface area contributed by atoms with Crippen LogP contribution < -0.4 is 4.74 Å². The van der Waals surface area contributed by atoms with Gasteiger partial charge < -0.3 is 14.9 Å². The molecule has 0 aliphatic heterocycles. The maximum Gasteiger partial charge on any atom is 0.203 e. The molecule has 0 aromatic heterocycles. The van der Waals surface area contributed by atoms with E-state index in [0.717, 1.165) is 0 Å². The van der Waals surface area contributed by atoms with Crippen LogP contribution >= 0.6 is 0 Å². The molecule has 0 saturated heterocycles. The minimum absolute atomic E-state index is 0.0382. The molecule has 2 N–H and O–H groups in total. The lowest BCUT2D eigenvalue weighted by molar-refractivity contribution is 0.221. The molecule has 66 valence electrons. The molecule has 12 heavy (non-hydrogen) atoms. The number of hydrogen-bond donors (Lipinski definition) is 2. The van der Waals surface area contributed by atoms with Gasteiger partial charge in [0.25, 0.3) is 0 Å². The predicted octanol–water partition coefficient (Wildman–Crippen LogP) is 1.89. The third-order valence-electron chi connectivity index (χ3n) is 1.33. The number of rotatable bonds is 2. The summed E-state index contributed by atoms with van der Waals surface area (Å²) in [6.07, 6.45) is -0.0656. The molecule has 0 aliphatic rings. The van der Waals surface area contributed by atoms with Crippen molar-refractivity contribution in [2.75, 3.05) is 0 Å². The zero-order chi connectivity index (χ0) is 9.14. The first-order chi connectivity index (χ1) is 5.61. The van der Waals surface area contributed by atoms with Crippen LogP contribution in [0.15, 0.2) is 18.2 Å². The summed E-state index contributed by atoms with van der Waals surface area (Å²) in [5.74, 6) is 0.0694. The average Bonchev–Trinajstić information content (AvgIpc) is 1.97. The molecule has 0 bridgehead atoms. The smallest absolute Gasteiger partial charge is 0.203 e. The Morgan fingerprint density at radius 1 is 1.17 bits per heavy atom. The first kappa shape index (κ1) is 8.71. The normalized spacial score (nSPS) is 10.2. The summed E-state index contributed by atoms with van der Waals surface area (Å²) in [5.41, 5.74) is 0. The molecule has 3 nitrogen and oxygen atoms in total. The number of hydrogen-bond acceptors (Lipinski definition) is 3. The first-order valence-electron chi connectivity index (χ1n) is 3.79. The zero-order valence-electron chi connectivity index (χ0n) is 7.11. The topological polar surface area (TPSA) is 49.7 Å². The van der Waals surface area contributed by atoms with Gasteiger partial charge in [-0.3, -0.25) is 0 Å². The van der Waals surface area contributed by atoms with Gasteiger partial charge in [-0.05, 0) is 26.0 Å². The summed E-state index contributed by atoms with van der Waals surface area (Å²) in [4.78, 5) is 0. The third kappa shape index (κ3) is 1.81. The van der Waals surface area contributed by atoms with Crippen molar-refractivity contribution in [3.05, 3.63) is 18.2 Å². The van der Waals surface area contributed by atoms with Gasteiger partial charge in [-0.25, -0.2) is 0 Å². The van der Waals surface area contributed by atoms with E-state index in [1.807, 2.05) is 13.8 Å². The van der Waals surface area contributed by atoms with Crippen LogP contribution in [0.5, 0.6) is 17.2 Å². The van der Waals surface area contributed by atoms with Crippen molar-refractivity contribution in [2.24, 2.45) is 0 Å². The second kappa shape index (κ2) is 3.34. The predicted molar refractivity (Wildman–Crippen MR) is 45.5 cm³/mol. The van der Waals surface area contributed by atoms with Gasteiger partial charge in [0.1, 0.15) is 0 Å². The number of benzene rings is 1. The Bertz CT molecular complexity index is 248. The van der Waals surface area contributed by atoms with E-state index < -0.39 is 0 Å². The Kier molecular flexibility index (Phi) is 2.43. The van der Waals surface area contributed by atoms with Crippen LogP contribution in [0.1, 0.15) is 13.8 Å². The lowest BCUT2D eigenvalue weighted by atomic mass is 10.3. The van der Waals surface area contributed by atoms with E-state index in [9.17, 15) is 10.2 Å². The van der Waals surface area contributed by atoms with Gasteiger partial charge in [-0.15, -0.1) is 0 Å². The number of phenolic OH excluding ortho intramolecular Hbond substituents is 2. The summed E-state index contributed by atoms with van der Waals surface area (Å²) in [6, 6.07) is 4.49. The van der Waals surface area contributed by atoms with Crippen molar-refractivity contribution in [3.8, 4) is 17.2 Å². The van der Waals surface area contributed by atoms with Gasteiger partial charge in [0.2, 0.25) is 5.75 Å². The van der Waals surface area contributed by atoms with Crippen LogP contribution in [0.2, 0.25) is 0 Å². The fraction of sp³-hybridized carbons (Fsp3) is 0.333. The van der Waals surface area contributed by atoms with E-state index in [0.29, 0.717) is 0 Å². The van der Waals surface area contributed by atoms with Crippen molar-refractivity contribution >= 4 is 0 Å². The monoisotopic (exact) mass is 168 g/mol. The molecule has 0 spiro atoms. The van der Waals surface area contributed by atoms with Gasteiger partial charge in [0.05, 0.1) is 6.10 Å². The Balaban J connectivity index is 2.96. The second-order valence-electron chi connectivity index (χ2n) is 2.79. The van der Waals surface area contributed by atoms with E-state index in [1.165, 1.54) is 12.1 Å². The van der Waals surface area contributed by atoms with Gasteiger partial charge >= 0.3 is 0 Å². The molecule has 1 rings (SSSR count). The molecule has 0 fully saturated rings. The summed E-state index contributed by atoms with van der Waals surface area (Å²) in [5, 5.41) is 18.5. The van der Waals surface area contributed by atoms with Gasteiger partial charge in [-0.2, -0.15) is 0 Å². The fourth-order valence-electron chi connectivity index (χ4n) is 0.869. The Hall–Kier alpha value is -1.38. The van der Waals surface area contributed by atoms with Gasteiger partial charge in [0, 0.05) is 0 Å². The van der Waals surface area contributed by atoms with Crippen LogP contribution in [0, 0.1) is 0 Å². The Morgan fingerprint density at radius 3 is 2.08 bits per heavy atom. The molecule has 1 aromatic rings. The number of ether oxygens (including phenoxy) is 1. The molecule has 1 aromatic carbocycles. The number of para-hydroxylation sites is 1. The molecule has 3 heteroatoms. The highest BCUT2D eigenvalue weighted by atomic mass is 16.5. The van der Waals surface area contributed by atoms with E-state index in [1.54, 1.807) is 6.07 Å². The largest absolute Gasteiger partial charge is 0.504 e. The lowest BCUT2D eigenvalue weighted by Gasteiger charge is -2.11. The third-order valence-corrected chi connectivity index (χ3v) is 1.33. The minimum Gasteiger partial charge on any atom is -0.504 e. The fourth-order valence-corrected chi connectivity index (χ4v) is 0.869. The van der Waals surface area contributed by atoms with E-state index in [2.05, 4.69) is 0 Å². The summed E-state index contributed by atoms with van der Waals surface area (Å²) in [7, 11) is 0. The van der Waals surface area contributed by atoms with Crippen molar-refractivity contribution < 1.29 is 14.9 Å². The van der Waals surface area contributed by atoms with Gasteiger partial charge in [-0.1, -0.05) is 6.07 Å². The molecular formula is C9H12O3. The SMILES string of the molecule is CC(C)Oc1c(O)cccc1O. The van der Waals surface area contributed by atoms with Crippen molar-refractivity contribution in [1.82, 2.24) is 0 Å². The highest BCUT2D eigenvalue weighted by molar-refractivity contribution is 5.49. The first-order valence-corrected chi connectivity index (χ1v) is 3.79. The second-order valence-corrected chi connectivity index (χ2v) is 2.79. The van der Waals surface area contributed by atoms with Crippen LogP contribution in [0.4, 0.5) is 0 Å². The molecule has 0 aliphatic carbocycles. The highest BCUT2D eigenvalue weighted by Gasteiger charge is 2.08. The van der Waals surface area contributed by atoms with E-state index in [-0.39, 0.29) is 23.4 Å².